The van der Waals surface area contributed by atoms with Crippen LogP contribution in [0.3, 0.4) is 0 Å². The smallest absolute Gasteiger partial charge is 0.287 e. The van der Waals surface area contributed by atoms with Gasteiger partial charge in [-0.1, -0.05) is 6.92 Å². The van der Waals surface area contributed by atoms with E-state index in [4.69, 9.17) is 4.42 Å². The summed E-state index contributed by atoms with van der Waals surface area (Å²) in [6, 6.07) is 3.47. The van der Waals surface area contributed by atoms with Gasteiger partial charge in [0.15, 0.2) is 5.76 Å². The molecular weight excluding hydrogens is 228 g/mol. The Balaban J connectivity index is 0.00000225. The van der Waals surface area contributed by atoms with E-state index in [1.54, 1.807) is 12.1 Å². The first-order valence-electron chi connectivity index (χ1n) is 5.12. The number of halogens is 1. The molecular formula is C11H19ClN2O2. The lowest BCUT2D eigenvalue weighted by Crippen LogP contribution is -2.31. The molecule has 1 atom stereocenters. The standard InChI is InChI=1S/C11H18N2O2.ClH/c1-8(6-12-3)7-13-11(14)10-5-4-9(2)15-10;/h4-5,8,12H,6-7H2,1-3H3,(H,13,14);1H. The van der Waals surface area contributed by atoms with Crippen LogP contribution in [0.1, 0.15) is 23.2 Å². The lowest BCUT2D eigenvalue weighted by atomic mass is 10.2. The number of rotatable bonds is 5. The van der Waals surface area contributed by atoms with Gasteiger partial charge in [0.25, 0.3) is 5.91 Å². The lowest BCUT2D eigenvalue weighted by molar-refractivity contribution is 0.0919. The van der Waals surface area contributed by atoms with Crippen molar-refractivity contribution in [3.05, 3.63) is 23.7 Å². The van der Waals surface area contributed by atoms with Crippen molar-refractivity contribution in [2.45, 2.75) is 13.8 Å². The van der Waals surface area contributed by atoms with Gasteiger partial charge in [-0.25, -0.2) is 0 Å². The zero-order chi connectivity index (χ0) is 11.3. The summed E-state index contributed by atoms with van der Waals surface area (Å²) in [5.74, 6) is 1.40. The van der Waals surface area contributed by atoms with E-state index in [0.29, 0.717) is 18.2 Å². The minimum Gasteiger partial charge on any atom is -0.456 e. The van der Waals surface area contributed by atoms with Crippen LogP contribution in [0, 0.1) is 12.8 Å². The Kier molecular flexibility index (Phi) is 6.85. The molecule has 0 spiro atoms. The van der Waals surface area contributed by atoms with E-state index in [1.165, 1.54) is 0 Å². The van der Waals surface area contributed by atoms with Crippen LogP contribution >= 0.6 is 12.4 Å². The average Bonchev–Trinajstić information content (AvgIpc) is 2.62. The molecule has 16 heavy (non-hydrogen) atoms. The van der Waals surface area contributed by atoms with E-state index in [9.17, 15) is 4.79 Å². The highest BCUT2D eigenvalue weighted by molar-refractivity contribution is 5.91. The molecule has 0 saturated heterocycles. The Morgan fingerprint density at radius 2 is 2.12 bits per heavy atom. The highest BCUT2D eigenvalue weighted by Crippen LogP contribution is 2.05. The highest BCUT2D eigenvalue weighted by atomic mass is 35.5. The van der Waals surface area contributed by atoms with Crippen LogP contribution in [-0.2, 0) is 0 Å². The summed E-state index contributed by atoms with van der Waals surface area (Å²) >= 11 is 0. The van der Waals surface area contributed by atoms with Crippen molar-refractivity contribution < 1.29 is 9.21 Å². The summed E-state index contributed by atoms with van der Waals surface area (Å²) in [5.41, 5.74) is 0. The maximum absolute atomic E-state index is 11.5. The number of amides is 1. The minimum atomic E-state index is -0.147. The summed E-state index contributed by atoms with van der Waals surface area (Å²) < 4.78 is 5.21. The Hall–Kier alpha value is -1.00. The van der Waals surface area contributed by atoms with Gasteiger partial charge in [0, 0.05) is 6.54 Å². The van der Waals surface area contributed by atoms with Crippen LogP contribution in [0.2, 0.25) is 0 Å². The molecule has 0 bridgehead atoms. The van der Waals surface area contributed by atoms with Gasteiger partial charge in [-0.05, 0) is 38.6 Å². The van der Waals surface area contributed by atoms with Crippen LogP contribution in [0.5, 0.6) is 0 Å². The van der Waals surface area contributed by atoms with Crippen molar-refractivity contribution in [1.82, 2.24) is 10.6 Å². The molecule has 1 amide bonds. The van der Waals surface area contributed by atoms with Crippen LogP contribution in [0.15, 0.2) is 16.5 Å². The van der Waals surface area contributed by atoms with Crippen molar-refractivity contribution in [2.24, 2.45) is 5.92 Å². The van der Waals surface area contributed by atoms with Gasteiger partial charge < -0.3 is 15.1 Å². The molecule has 1 aromatic heterocycles. The molecule has 0 aliphatic rings. The summed E-state index contributed by atoms with van der Waals surface area (Å²) in [6.45, 7) is 5.43. The van der Waals surface area contributed by atoms with Crippen molar-refractivity contribution >= 4 is 18.3 Å². The van der Waals surface area contributed by atoms with Gasteiger partial charge in [-0.2, -0.15) is 0 Å². The number of hydrogen-bond acceptors (Lipinski definition) is 3. The maximum Gasteiger partial charge on any atom is 0.287 e. The van der Waals surface area contributed by atoms with Crippen molar-refractivity contribution in [3.63, 3.8) is 0 Å². The molecule has 0 saturated carbocycles. The molecule has 2 N–H and O–H groups in total. The fourth-order valence-electron chi connectivity index (χ4n) is 1.33. The molecule has 1 heterocycles. The zero-order valence-corrected chi connectivity index (χ0v) is 10.7. The van der Waals surface area contributed by atoms with Gasteiger partial charge in [0.2, 0.25) is 0 Å². The van der Waals surface area contributed by atoms with Crippen molar-refractivity contribution in [2.75, 3.05) is 20.1 Å². The van der Waals surface area contributed by atoms with E-state index in [0.717, 1.165) is 12.3 Å². The van der Waals surface area contributed by atoms with Crippen molar-refractivity contribution in [1.29, 1.82) is 0 Å². The van der Waals surface area contributed by atoms with E-state index in [-0.39, 0.29) is 18.3 Å². The molecule has 92 valence electrons. The van der Waals surface area contributed by atoms with E-state index in [2.05, 4.69) is 17.6 Å². The average molecular weight is 247 g/mol. The van der Waals surface area contributed by atoms with E-state index >= 15 is 0 Å². The quantitative estimate of drug-likeness (QED) is 0.830. The van der Waals surface area contributed by atoms with Crippen LogP contribution < -0.4 is 10.6 Å². The lowest BCUT2D eigenvalue weighted by Gasteiger charge is -2.10. The second-order valence-electron chi connectivity index (χ2n) is 3.78. The van der Waals surface area contributed by atoms with Gasteiger partial charge in [-0.15, -0.1) is 12.4 Å². The first-order valence-corrected chi connectivity index (χ1v) is 5.12. The Morgan fingerprint density at radius 1 is 1.44 bits per heavy atom. The molecule has 4 nitrogen and oxygen atoms in total. The molecule has 0 aliphatic heterocycles. The molecule has 0 fully saturated rings. The second kappa shape index (κ2) is 7.30. The van der Waals surface area contributed by atoms with Gasteiger partial charge in [0.1, 0.15) is 5.76 Å². The summed E-state index contributed by atoms with van der Waals surface area (Å²) in [4.78, 5) is 11.5. The summed E-state index contributed by atoms with van der Waals surface area (Å²) in [7, 11) is 1.90. The molecule has 5 heteroatoms. The normalized spacial score (nSPS) is 11.7. The maximum atomic E-state index is 11.5. The zero-order valence-electron chi connectivity index (χ0n) is 9.87. The molecule has 1 rings (SSSR count). The van der Waals surface area contributed by atoms with Crippen LogP contribution in [0.25, 0.3) is 0 Å². The Morgan fingerprint density at radius 3 is 2.62 bits per heavy atom. The number of aryl methyl sites for hydroxylation is 1. The number of carbonyl (C=O) groups excluding carboxylic acids is 1. The minimum absolute atomic E-state index is 0. The van der Waals surface area contributed by atoms with E-state index in [1.807, 2.05) is 14.0 Å². The third kappa shape index (κ3) is 4.68. The molecule has 1 aromatic rings. The SMILES string of the molecule is CNCC(C)CNC(=O)c1ccc(C)o1.Cl. The molecule has 0 radical (unpaired) electrons. The fourth-order valence-corrected chi connectivity index (χ4v) is 1.33. The first-order chi connectivity index (χ1) is 7.13. The van der Waals surface area contributed by atoms with Crippen LogP contribution in [-0.4, -0.2) is 26.0 Å². The van der Waals surface area contributed by atoms with Gasteiger partial charge in [-0.3, -0.25) is 4.79 Å². The third-order valence-electron chi connectivity index (χ3n) is 2.13. The number of furan rings is 1. The second-order valence-corrected chi connectivity index (χ2v) is 3.78. The molecule has 0 aliphatic carbocycles. The van der Waals surface area contributed by atoms with Gasteiger partial charge in [0.05, 0.1) is 0 Å². The fraction of sp³-hybridized carbons (Fsp3) is 0.545. The molecule has 1 unspecified atom stereocenters. The Labute approximate surface area is 102 Å². The summed E-state index contributed by atoms with van der Waals surface area (Å²) in [5, 5.41) is 5.88. The highest BCUT2D eigenvalue weighted by Gasteiger charge is 2.10. The van der Waals surface area contributed by atoms with E-state index < -0.39 is 0 Å². The largest absolute Gasteiger partial charge is 0.456 e. The predicted molar refractivity (Wildman–Crippen MR) is 66.1 cm³/mol. The third-order valence-corrected chi connectivity index (χ3v) is 2.13. The Bertz CT molecular complexity index is 326. The monoisotopic (exact) mass is 246 g/mol. The van der Waals surface area contributed by atoms with Crippen LogP contribution in [0.4, 0.5) is 0 Å². The topological polar surface area (TPSA) is 54.3 Å². The summed E-state index contributed by atoms with van der Waals surface area (Å²) in [6.07, 6.45) is 0. The first kappa shape index (κ1) is 15.0. The predicted octanol–water partition coefficient (Wildman–Crippen LogP) is 1.60. The van der Waals surface area contributed by atoms with Gasteiger partial charge >= 0.3 is 0 Å². The molecule has 0 aromatic carbocycles. The number of hydrogen-bond donors (Lipinski definition) is 2. The number of nitrogens with one attached hydrogen (secondary N) is 2. The van der Waals surface area contributed by atoms with Crippen molar-refractivity contribution in [3.8, 4) is 0 Å². The number of carbonyl (C=O) groups is 1.